The van der Waals surface area contributed by atoms with E-state index in [-0.39, 0.29) is 17.4 Å². The highest BCUT2D eigenvalue weighted by Crippen LogP contribution is 2.45. The van der Waals surface area contributed by atoms with Crippen molar-refractivity contribution in [2.45, 2.75) is 137 Å². The van der Waals surface area contributed by atoms with E-state index in [1.165, 1.54) is 0 Å². The molecule has 0 aliphatic carbocycles. The van der Waals surface area contributed by atoms with Crippen molar-refractivity contribution < 1.29 is 88.1 Å². The number of hydrogen-bond acceptors (Lipinski definition) is 19. The van der Waals surface area contributed by atoms with E-state index in [4.69, 9.17) is 88.1 Å². The van der Waals surface area contributed by atoms with Gasteiger partial charge in [0.25, 0.3) is 0 Å². The Hall–Kier alpha value is -3.23. The second kappa shape index (κ2) is 52.9. The summed E-state index contributed by atoms with van der Waals surface area (Å²) in [7, 11) is -5.36. The monoisotopic (exact) mass is 1350 g/mol. The highest BCUT2D eigenvalue weighted by Gasteiger charge is 2.27. The van der Waals surface area contributed by atoms with Gasteiger partial charge in [-0.15, -0.1) is 0 Å². The molecule has 522 valence electrons. The van der Waals surface area contributed by atoms with Crippen LogP contribution in [0.5, 0.6) is 23.0 Å². The number of unbranched alkanes of at least 4 members (excludes halogenated alkanes) is 5. The minimum Gasteiger partial charge on any atom is -0.427 e. The minimum atomic E-state index is -1.90. The van der Waals surface area contributed by atoms with Crippen molar-refractivity contribution in [2.24, 2.45) is 0 Å². The molecule has 0 aromatic heterocycles. The summed E-state index contributed by atoms with van der Waals surface area (Å²) in [6.07, 6.45) is 10.6. The summed E-state index contributed by atoms with van der Waals surface area (Å²) >= 11 is 0. The molecule has 0 heterocycles. The maximum atomic E-state index is 6.48. The Morgan fingerprint density at radius 1 is 0.217 bits per heavy atom. The Morgan fingerprint density at radius 3 is 0.576 bits per heavy atom. The van der Waals surface area contributed by atoms with Gasteiger partial charge < -0.3 is 83.6 Å². The maximum absolute atomic E-state index is 6.48. The lowest BCUT2D eigenvalue weighted by Gasteiger charge is -2.27. The summed E-state index contributed by atoms with van der Waals surface area (Å²) in [5.41, 5.74) is 3.59. The lowest BCUT2D eigenvalue weighted by Crippen LogP contribution is -2.18. The summed E-state index contributed by atoms with van der Waals surface area (Å²) < 4.78 is 113. The predicted molar refractivity (Wildman–Crippen MR) is 366 cm³/mol. The first-order valence-corrected chi connectivity index (χ1v) is 36.8. The first kappa shape index (κ1) is 81.2. The maximum Gasteiger partial charge on any atom is 0.463 e. The van der Waals surface area contributed by atoms with Gasteiger partial charge in [-0.1, -0.05) is 143 Å². The van der Waals surface area contributed by atoms with E-state index in [0.717, 1.165) is 119 Å². The van der Waals surface area contributed by atoms with Crippen LogP contribution in [0.3, 0.4) is 0 Å². The van der Waals surface area contributed by atoms with Crippen LogP contribution in [0, 0.1) is 0 Å². The molecule has 0 spiro atoms. The van der Waals surface area contributed by atoms with Crippen LogP contribution in [0.25, 0.3) is 0 Å². The summed E-state index contributed by atoms with van der Waals surface area (Å²) in [4.78, 5) is 0. The van der Waals surface area contributed by atoms with Crippen LogP contribution in [0.15, 0.2) is 97.1 Å². The standard InChI is InChI=1S/C70H113O19P3/c1-10-15-36-71-41-46-76-51-56-81-90(82-57-52-77-47-42-72-37-16-11-2)86-65-28-20-61(21-29-65)69(6,7)63-24-32-67(33-25-63)88-92(85-60-55-80-50-45-75-40-19-14-5)89-68-34-26-64(27-35-68)70(8,9)62-22-30-66(31-23-62)87-91(83-58-53-78-48-43-73-38-17-12-3)84-59-54-79-49-44-74-39-18-13-4/h20-35H,10-19,36-60H2,1-9H3. The second-order valence-corrected chi connectivity index (χ2v) is 25.8. The van der Waals surface area contributed by atoms with Gasteiger partial charge in [0.2, 0.25) is 0 Å². The van der Waals surface area contributed by atoms with E-state index in [1.807, 2.05) is 48.5 Å². The fourth-order valence-electron chi connectivity index (χ4n) is 8.35. The van der Waals surface area contributed by atoms with Gasteiger partial charge in [-0.05, 0) is 103 Å². The number of hydrogen-bond donors (Lipinski definition) is 0. The van der Waals surface area contributed by atoms with E-state index >= 15 is 0 Å². The average Bonchev–Trinajstić information content (AvgIpc) is 0.880. The quantitative estimate of drug-likeness (QED) is 0.0301. The largest absolute Gasteiger partial charge is 0.463 e. The normalized spacial score (nSPS) is 12.0. The molecule has 0 aliphatic heterocycles. The Kier molecular flexibility index (Phi) is 46.7. The van der Waals surface area contributed by atoms with E-state index < -0.39 is 25.8 Å². The lowest BCUT2D eigenvalue weighted by atomic mass is 9.78. The Labute approximate surface area is 556 Å². The summed E-state index contributed by atoms with van der Waals surface area (Å²) in [5, 5.41) is 0. The van der Waals surface area contributed by atoms with Crippen LogP contribution < -0.4 is 18.1 Å². The fourth-order valence-corrected chi connectivity index (χ4v) is 11.2. The van der Waals surface area contributed by atoms with Gasteiger partial charge in [0.15, 0.2) is 0 Å². The Morgan fingerprint density at radius 2 is 0.380 bits per heavy atom. The molecule has 0 bridgehead atoms. The van der Waals surface area contributed by atoms with Crippen LogP contribution in [-0.2, 0) is 80.8 Å². The molecule has 19 nitrogen and oxygen atoms in total. The molecule has 0 radical (unpaired) electrons. The molecule has 0 fully saturated rings. The van der Waals surface area contributed by atoms with E-state index in [9.17, 15) is 0 Å². The summed E-state index contributed by atoms with van der Waals surface area (Å²) in [6.45, 7) is 31.7. The van der Waals surface area contributed by atoms with Gasteiger partial charge >= 0.3 is 25.8 Å². The molecule has 0 saturated heterocycles. The van der Waals surface area contributed by atoms with Crippen molar-refractivity contribution in [3.63, 3.8) is 0 Å². The van der Waals surface area contributed by atoms with Crippen LogP contribution in [0.2, 0.25) is 0 Å². The van der Waals surface area contributed by atoms with Crippen LogP contribution in [0.1, 0.15) is 149 Å². The minimum absolute atomic E-state index is 0.261. The zero-order valence-electron chi connectivity index (χ0n) is 57.1. The molecular formula is C70H113O19P3. The van der Waals surface area contributed by atoms with Gasteiger partial charge in [0.1, 0.15) is 23.0 Å². The third-order valence-electron chi connectivity index (χ3n) is 14.2. The van der Waals surface area contributed by atoms with Gasteiger partial charge in [-0.25, -0.2) is 0 Å². The third kappa shape index (κ3) is 36.8. The molecule has 0 saturated carbocycles. The molecule has 0 N–H and O–H groups in total. The molecule has 4 rings (SSSR count). The molecule has 92 heavy (non-hydrogen) atoms. The van der Waals surface area contributed by atoms with Crippen LogP contribution in [0.4, 0.5) is 0 Å². The first-order valence-electron chi connectivity index (χ1n) is 33.5. The van der Waals surface area contributed by atoms with Gasteiger partial charge in [0.05, 0.1) is 132 Å². The van der Waals surface area contributed by atoms with Crippen molar-refractivity contribution in [3.05, 3.63) is 119 Å². The van der Waals surface area contributed by atoms with Crippen molar-refractivity contribution in [3.8, 4) is 23.0 Å². The SMILES string of the molecule is CCCCOCCOCCOP(OCCOCCOCCCC)Oc1ccc(C(C)(C)c2ccc(OP(OCCOCCOCCCC)Oc3ccc(C(C)(C)c4ccc(OP(OCCOCCOCCCC)OCCOCCOCCCC)cc4)cc3)cc2)cc1. The third-order valence-corrected chi connectivity index (χ3v) is 17.6. The molecule has 4 aromatic rings. The van der Waals surface area contributed by atoms with Crippen molar-refractivity contribution >= 4 is 25.8 Å². The fraction of sp³-hybridized carbons (Fsp3) is 0.657. The Bertz CT molecular complexity index is 2130. The van der Waals surface area contributed by atoms with E-state index in [0.29, 0.717) is 149 Å². The zero-order chi connectivity index (χ0) is 65.8. The number of benzene rings is 4. The second-order valence-electron chi connectivity index (χ2n) is 22.4. The molecule has 22 heteroatoms. The predicted octanol–water partition coefficient (Wildman–Crippen LogP) is 16.5. The van der Waals surface area contributed by atoms with Crippen LogP contribution >= 0.6 is 25.8 Å². The van der Waals surface area contributed by atoms with Gasteiger partial charge in [-0.2, -0.15) is 0 Å². The first-order chi connectivity index (χ1) is 45.0. The number of rotatable bonds is 62. The van der Waals surface area contributed by atoms with Gasteiger partial charge in [-0.3, -0.25) is 4.52 Å². The molecular weight excluding hydrogens is 1240 g/mol. The highest BCUT2D eigenvalue weighted by molar-refractivity contribution is 7.42. The highest BCUT2D eigenvalue weighted by atomic mass is 31.2. The van der Waals surface area contributed by atoms with E-state index in [1.54, 1.807) is 0 Å². The van der Waals surface area contributed by atoms with Crippen molar-refractivity contribution in [2.75, 3.05) is 165 Å². The lowest BCUT2D eigenvalue weighted by molar-refractivity contribution is 0.0260. The smallest absolute Gasteiger partial charge is 0.427 e. The van der Waals surface area contributed by atoms with Gasteiger partial charge in [0, 0.05) is 43.9 Å². The van der Waals surface area contributed by atoms with Crippen molar-refractivity contribution in [1.82, 2.24) is 0 Å². The molecule has 0 aliphatic rings. The Balaban J connectivity index is 1.38. The average molecular weight is 1350 g/mol. The van der Waals surface area contributed by atoms with Crippen LogP contribution in [-0.4, -0.2) is 165 Å². The summed E-state index contributed by atoms with van der Waals surface area (Å²) in [5.74, 6) is 2.46. The van der Waals surface area contributed by atoms with Crippen molar-refractivity contribution in [1.29, 1.82) is 0 Å². The summed E-state index contributed by atoms with van der Waals surface area (Å²) in [6, 6.07) is 32.1. The molecule has 0 unspecified atom stereocenters. The molecule has 0 amide bonds. The molecule has 4 aromatic carbocycles. The zero-order valence-corrected chi connectivity index (χ0v) is 59.8. The van der Waals surface area contributed by atoms with E-state index in [2.05, 4.69) is 111 Å². The molecule has 0 atom stereocenters. The topological polar surface area (TPSA) is 175 Å². The number of ether oxygens (including phenoxy) is 10.